The number of nitrogens with zero attached hydrogens (tertiary/aromatic N) is 4. The highest BCUT2D eigenvalue weighted by molar-refractivity contribution is 6.32. The minimum Gasteiger partial charge on any atom is -0.350 e. The molecule has 1 saturated carbocycles. The lowest BCUT2D eigenvalue weighted by Gasteiger charge is -2.13. The molecule has 122 valence electrons. The molecule has 4 rings (SSSR count). The number of rotatable bonds is 5. The summed E-state index contributed by atoms with van der Waals surface area (Å²) in [6.45, 7) is 1.98. The Hall–Kier alpha value is -1.66. The Bertz CT molecular complexity index is 703. The topological polar surface area (TPSA) is 67.7 Å². The van der Waals surface area contributed by atoms with Crippen molar-refractivity contribution < 1.29 is 0 Å². The van der Waals surface area contributed by atoms with Crippen LogP contribution in [-0.2, 0) is 13.5 Å². The molecule has 1 aliphatic heterocycles. The van der Waals surface area contributed by atoms with Crippen molar-refractivity contribution in [2.45, 2.75) is 31.7 Å². The molecular formula is C16H21ClN6. The lowest BCUT2D eigenvalue weighted by molar-refractivity contribution is 0.677. The third kappa shape index (κ3) is 3.19. The average molecular weight is 333 g/mol. The summed E-state index contributed by atoms with van der Waals surface area (Å²) in [7, 11) is 1.99. The molecule has 2 aromatic rings. The quantitative estimate of drug-likeness (QED) is 0.879. The molecule has 3 heterocycles. The van der Waals surface area contributed by atoms with Crippen molar-refractivity contribution in [2.24, 2.45) is 13.0 Å². The van der Waals surface area contributed by atoms with Gasteiger partial charge in [0.15, 0.2) is 0 Å². The molecular weight excluding hydrogens is 312 g/mol. The number of nitrogens with one attached hydrogen (secondary N) is 2. The number of anilines is 1. The third-order valence-electron chi connectivity index (χ3n) is 4.63. The Morgan fingerprint density at radius 1 is 1.35 bits per heavy atom. The molecule has 1 unspecified atom stereocenters. The fourth-order valence-electron chi connectivity index (χ4n) is 3.08. The van der Waals surface area contributed by atoms with Gasteiger partial charge in [-0.1, -0.05) is 11.6 Å². The van der Waals surface area contributed by atoms with Gasteiger partial charge >= 0.3 is 0 Å². The molecule has 0 bridgehead atoms. The van der Waals surface area contributed by atoms with Gasteiger partial charge < -0.3 is 10.6 Å². The number of hydrogen-bond donors (Lipinski definition) is 2. The minimum atomic E-state index is 0.379. The first-order valence-electron chi connectivity index (χ1n) is 8.21. The fraction of sp³-hybridized carbons (Fsp3) is 0.562. The van der Waals surface area contributed by atoms with Crippen molar-refractivity contribution in [3.05, 3.63) is 23.1 Å². The van der Waals surface area contributed by atoms with Crippen LogP contribution in [0.15, 0.2) is 12.4 Å². The zero-order valence-electron chi connectivity index (χ0n) is 13.2. The summed E-state index contributed by atoms with van der Waals surface area (Å²) in [5, 5.41) is 11.7. The predicted molar refractivity (Wildman–Crippen MR) is 90.6 cm³/mol. The maximum absolute atomic E-state index is 6.38. The van der Waals surface area contributed by atoms with Gasteiger partial charge in [0.25, 0.3) is 0 Å². The van der Waals surface area contributed by atoms with E-state index in [0.29, 0.717) is 17.0 Å². The lowest BCUT2D eigenvalue weighted by Crippen LogP contribution is -2.23. The molecule has 2 N–H and O–H groups in total. The van der Waals surface area contributed by atoms with Gasteiger partial charge in [0, 0.05) is 30.9 Å². The first kappa shape index (κ1) is 14.9. The van der Waals surface area contributed by atoms with E-state index in [4.69, 9.17) is 11.6 Å². The summed E-state index contributed by atoms with van der Waals surface area (Å²) in [5.74, 6) is 1.42. The van der Waals surface area contributed by atoms with Crippen molar-refractivity contribution in [2.75, 3.05) is 18.4 Å². The molecule has 0 amide bonds. The second kappa shape index (κ2) is 6.09. The third-order valence-corrected chi connectivity index (χ3v) is 4.91. The van der Waals surface area contributed by atoms with Gasteiger partial charge in [-0.05, 0) is 38.1 Å². The van der Waals surface area contributed by atoms with Crippen molar-refractivity contribution in [1.29, 1.82) is 0 Å². The van der Waals surface area contributed by atoms with Crippen molar-refractivity contribution in [1.82, 2.24) is 25.1 Å². The Morgan fingerprint density at radius 2 is 2.22 bits per heavy atom. The van der Waals surface area contributed by atoms with E-state index in [-0.39, 0.29) is 0 Å². The second-order valence-electron chi connectivity index (χ2n) is 6.50. The number of hydrogen-bond acceptors (Lipinski definition) is 5. The summed E-state index contributed by atoms with van der Waals surface area (Å²) in [6, 6.07) is 0.379. The molecule has 0 spiro atoms. The van der Waals surface area contributed by atoms with Gasteiger partial charge in [-0.25, -0.2) is 9.97 Å². The maximum Gasteiger partial charge on any atom is 0.223 e. The Balaban J connectivity index is 1.64. The van der Waals surface area contributed by atoms with Gasteiger partial charge in [0.05, 0.1) is 23.1 Å². The molecule has 2 fully saturated rings. The molecule has 0 aromatic carbocycles. The average Bonchev–Trinajstić information content (AvgIpc) is 3.08. The summed E-state index contributed by atoms with van der Waals surface area (Å²) < 4.78 is 1.94. The van der Waals surface area contributed by atoms with Gasteiger partial charge in [-0.15, -0.1) is 0 Å². The minimum absolute atomic E-state index is 0.379. The van der Waals surface area contributed by atoms with Crippen LogP contribution in [0.25, 0.3) is 11.3 Å². The van der Waals surface area contributed by atoms with Crippen molar-refractivity contribution in [3.8, 4) is 11.3 Å². The first-order valence-corrected chi connectivity index (χ1v) is 8.59. The van der Waals surface area contributed by atoms with E-state index in [0.717, 1.165) is 43.1 Å². The number of aromatic nitrogens is 4. The van der Waals surface area contributed by atoms with Crippen LogP contribution in [-0.4, -0.2) is 38.9 Å². The molecule has 1 atom stereocenters. The molecule has 1 saturated heterocycles. The summed E-state index contributed by atoms with van der Waals surface area (Å²) in [5.41, 5.74) is 3.01. The van der Waals surface area contributed by atoms with E-state index >= 15 is 0 Å². The highest BCUT2D eigenvalue weighted by atomic mass is 35.5. The fourth-order valence-corrected chi connectivity index (χ4v) is 3.28. The van der Waals surface area contributed by atoms with E-state index in [1.807, 2.05) is 17.9 Å². The van der Waals surface area contributed by atoms with Gasteiger partial charge in [0.1, 0.15) is 0 Å². The van der Waals surface area contributed by atoms with Crippen LogP contribution < -0.4 is 10.6 Å². The van der Waals surface area contributed by atoms with E-state index in [9.17, 15) is 0 Å². The van der Waals surface area contributed by atoms with Crippen LogP contribution >= 0.6 is 11.6 Å². The van der Waals surface area contributed by atoms with E-state index in [1.54, 1.807) is 6.20 Å². The van der Waals surface area contributed by atoms with E-state index in [1.165, 1.54) is 18.5 Å². The molecule has 23 heavy (non-hydrogen) atoms. The van der Waals surface area contributed by atoms with Crippen LogP contribution in [0, 0.1) is 5.92 Å². The van der Waals surface area contributed by atoms with Crippen LogP contribution in [0.5, 0.6) is 0 Å². The molecule has 1 aliphatic carbocycles. The molecule has 0 radical (unpaired) electrons. The first-order chi connectivity index (χ1) is 11.2. The molecule has 2 aliphatic rings. The zero-order chi connectivity index (χ0) is 15.8. The van der Waals surface area contributed by atoms with Crippen LogP contribution in [0.1, 0.15) is 25.0 Å². The zero-order valence-corrected chi connectivity index (χ0v) is 14.0. The van der Waals surface area contributed by atoms with E-state index < -0.39 is 0 Å². The van der Waals surface area contributed by atoms with Gasteiger partial charge in [0.2, 0.25) is 5.95 Å². The second-order valence-corrected chi connectivity index (χ2v) is 6.91. The summed E-state index contributed by atoms with van der Waals surface area (Å²) in [4.78, 5) is 9.00. The summed E-state index contributed by atoms with van der Waals surface area (Å²) >= 11 is 6.38. The van der Waals surface area contributed by atoms with Crippen molar-refractivity contribution in [3.63, 3.8) is 0 Å². The van der Waals surface area contributed by atoms with Crippen molar-refractivity contribution >= 4 is 17.5 Å². The lowest BCUT2D eigenvalue weighted by atomic mass is 10.1. The highest BCUT2D eigenvalue weighted by Gasteiger charge is 2.26. The normalized spacial score (nSPS) is 20.9. The monoisotopic (exact) mass is 332 g/mol. The van der Waals surface area contributed by atoms with Gasteiger partial charge in [-0.2, -0.15) is 5.10 Å². The van der Waals surface area contributed by atoms with Gasteiger partial charge in [-0.3, -0.25) is 4.68 Å². The Morgan fingerprint density at radius 3 is 2.96 bits per heavy atom. The molecule has 2 aromatic heterocycles. The molecule has 7 heteroatoms. The molecule has 6 nitrogen and oxygen atoms in total. The smallest absolute Gasteiger partial charge is 0.223 e. The van der Waals surface area contributed by atoms with Crippen LogP contribution in [0.2, 0.25) is 5.02 Å². The Labute approximate surface area is 140 Å². The largest absolute Gasteiger partial charge is 0.350 e. The maximum atomic E-state index is 6.38. The van der Waals surface area contributed by atoms with Crippen LogP contribution in [0.4, 0.5) is 5.95 Å². The SMILES string of the molecule is Cn1ncc(-c2nc(NC3CCNC3)ncc2Cl)c1CC1CC1. The predicted octanol–water partition coefficient (Wildman–Crippen LogP) is 2.26. The van der Waals surface area contributed by atoms with E-state index in [2.05, 4.69) is 25.7 Å². The standard InChI is InChI=1S/C16H21ClN6/c1-23-14(6-10-2-3-10)12(8-20-23)15-13(17)9-19-16(22-15)21-11-4-5-18-7-11/h8-11,18H,2-7H2,1H3,(H,19,21,22). The van der Waals surface area contributed by atoms with Crippen LogP contribution in [0.3, 0.4) is 0 Å². The summed E-state index contributed by atoms with van der Waals surface area (Å²) in [6.07, 6.45) is 8.30. The Kier molecular flexibility index (Phi) is 3.95. The number of aryl methyl sites for hydroxylation is 1. The number of halogens is 1. The highest BCUT2D eigenvalue weighted by Crippen LogP contribution is 2.36.